The predicted octanol–water partition coefficient (Wildman–Crippen LogP) is 4.40. The van der Waals surface area contributed by atoms with Crippen molar-refractivity contribution >= 4 is 39.1 Å². The van der Waals surface area contributed by atoms with Crippen molar-refractivity contribution in [1.29, 1.82) is 0 Å². The maximum atomic E-state index is 6.08. The zero-order valence-corrected chi connectivity index (χ0v) is 12.3. The fourth-order valence-corrected chi connectivity index (χ4v) is 2.25. The maximum Gasteiger partial charge on any atom is 0.238 e. The molecular formula is C12H9BrCl2N2O. The SMILES string of the molecule is NCc1ccc(Oc2ncc(Br)cc2Cl)c(Cl)c1. The molecule has 2 rings (SSSR count). The number of aromatic nitrogens is 1. The third-order valence-corrected chi connectivity index (χ3v) is 3.21. The molecule has 0 aliphatic carbocycles. The number of nitrogens with zero attached hydrogens (tertiary/aromatic N) is 1. The van der Waals surface area contributed by atoms with Gasteiger partial charge in [0.15, 0.2) is 0 Å². The molecule has 6 heteroatoms. The number of rotatable bonds is 3. The van der Waals surface area contributed by atoms with Crippen molar-refractivity contribution in [3.8, 4) is 11.6 Å². The second-order valence-electron chi connectivity index (χ2n) is 3.51. The third-order valence-electron chi connectivity index (χ3n) is 2.21. The summed E-state index contributed by atoms with van der Waals surface area (Å²) in [6, 6.07) is 7.04. The van der Waals surface area contributed by atoms with Gasteiger partial charge in [0.25, 0.3) is 0 Å². The lowest BCUT2D eigenvalue weighted by Crippen LogP contribution is -1.96. The van der Waals surface area contributed by atoms with Crippen LogP contribution in [0.3, 0.4) is 0 Å². The summed E-state index contributed by atoms with van der Waals surface area (Å²) in [7, 11) is 0. The summed E-state index contributed by atoms with van der Waals surface area (Å²) >= 11 is 15.4. The number of benzene rings is 1. The summed E-state index contributed by atoms with van der Waals surface area (Å²) in [5.41, 5.74) is 6.46. The van der Waals surface area contributed by atoms with Gasteiger partial charge in [-0.2, -0.15) is 0 Å². The number of hydrogen-bond donors (Lipinski definition) is 1. The molecule has 94 valence electrons. The van der Waals surface area contributed by atoms with Gasteiger partial charge in [0.05, 0.1) is 5.02 Å². The summed E-state index contributed by atoms with van der Waals surface area (Å²) < 4.78 is 6.34. The Labute approximate surface area is 123 Å². The molecule has 3 nitrogen and oxygen atoms in total. The van der Waals surface area contributed by atoms with Gasteiger partial charge >= 0.3 is 0 Å². The number of halogens is 3. The number of nitrogens with two attached hydrogens (primary N) is 1. The molecule has 1 heterocycles. The van der Waals surface area contributed by atoms with Gasteiger partial charge in [0, 0.05) is 17.2 Å². The Morgan fingerprint density at radius 1 is 1.22 bits per heavy atom. The van der Waals surface area contributed by atoms with Crippen molar-refractivity contribution in [3.05, 3.63) is 50.5 Å². The van der Waals surface area contributed by atoms with E-state index in [1.807, 2.05) is 6.07 Å². The van der Waals surface area contributed by atoms with Gasteiger partial charge in [0.1, 0.15) is 10.8 Å². The van der Waals surface area contributed by atoms with Crippen molar-refractivity contribution in [2.24, 2.45) is 5.73 Å². The lowest BCUT2D eigenvalue weighted by Gasteiger charge is -2.09. The highest BCUT2D eigenvalue weighted by Gasteiger charge is 2.08. The third kappa shape index (κ3) is 3.14. The Kier molecular flexibility index (Phi) is 4.45. The van der Waals surface area contributed by atoms with E-state index < -0.39 is 0 Å². The minimum absolute atomic E-state index is 0.308. The first-order valence-corrected chi connectivity index (χ1v) is 6.62. The largest absolute Gasteiger partial charge is 0.436 e. The molecule has 0 saturated carbocycles. The van der Waals surface area contributed by atoms with Crippen LogP contribution in [0.15, 0.2) is 34.9 Å². The van der Waals surface area contributed by atoms with E-state index in [4.69, 9.17) is 33.7 Å². The molecule has 0 atom stereocenters. The molecule has 0 unspecified atom stereocenters. The lowest BCUT2D eigenvalue weighted by molar-refractivity contribution is 0.463. The number of pyridine rings is 1. The van der Waals surface area contributed by atoms with Gasteiger partial charge in [-0.25, -0.2) is 4.98 Å². The molecule has 0 spiro atoms. The van der Waals surface area contributed by atoms with Crippen molar-refractivity contribution in [1.82, 2.24) is 4.98 Å². The minimum atomic E-state index is 0.308. The minimum Gasteiger partial charge on any atom is -0.436 e. The second-order valence-corrected chi connectivity index (χ2v) is 5.24. The van der Waals surface area contributed by atoms with Crippen LogP contribution in [0.5, 0.6) is 11.6 Å². The number of hydrogen-bond acceptors (Lipinski definition) is 3. The molecule has 0 bridgehead atoms. The Morgan fingerprint density at radius 2 is 2.00 bits per heavy atom. The van der Waals surface area contributed by atoms with Crippen LogP contribution in [0, 0.1) is 0 Å². The summed E-state index contributed by atoms with van der Waals surface area (Å²) in [4.78, 5) is 4.07. The Morgan fingerprint density at radius 3 is 2.61 bits per heavy atom. The van der Waals surface area contributed by atoms with Gasteiger partial charge in [-0.15, -0.1) is 0 Å². The quantitative estimate of drug-likeness (QED) is 0.894. The Balaban J connectivity index is 2.28. The molecule has 0 radical (unpaired) electrons. The predicted molar refractivity (Wildman–Crippen MR) is 76.4 cm³/mol. The molecule has 1 aromatic heterocycles. The molecule has 0 aliphatic rings. The van der Waals surface area contributed by atoms with E-state index in [1.165, 1.54) is 0 Å². The molecular weight excluding hydrogens is 339 g/mol. The molecule has 1 aromatic carbocycles. The van der Waals surface area contributed by atoms with Crippen LogP contribution in [0.1, 0.15) is 5.56 Å². The van der Waals surface area contributed by atoms with Gasteiger partial charge in [-0.1, -0.05) is 29.3 Å². The van der Waals surface area contributed by atoms with Crippen molar-refractivity contribution < 1.29 is 4.74 Å². The van der Waals surface area contributed by atoms with Crippen LogP contribution >= 0.6 is 39.1 Å². The highest BCUT2D eigenvalue weighted by Crippen LogP contribution is 2.33. The average molecular weight is 348 g/mol. The maximum absolute atomic E-state index is 6.08. The molecule has 0 amide bonds. The Bertz CT molecular complexity index is 578. The smallest absolute Gasteiger partial charge is 0.238 e. The lowest BCUT2D eigenvalue weighted by atomic mass is 10.2. The second kappa shape index (κ2) is 5.89. The molecule has 0 fully saturated rings. The zero-order valence-electron chi connectivity index (χ0n) is 9.16. The monoisotopic (exact) mass is 346 g/mol. The van der Waals surface area contributed by atoms with Crippen LogP contribution in [0.2, 0.25) is 10.0 Å². The first kappa shape index (κ1) is 13.6. The highest BCUT2D eigenvalue weighted by atomic mass is 79.9. The molecule has 2 aromatic rings. The van der Waals surface area contributed by atoms with Gasteiger partial charge in [-0.05, 0) is 39.7 Å². The van der Waals surface area contributed by atoms with Crippen molar-refractivity contribution in [3.63, 3.8) is 0 Å². The molecule has 2 N–H and O–H groups in total. The zero-order chi connectivity index (χ0) is 13.1. The van der Waals surface area contributed by atoms with E-state index in [0.717, 1.165) is 10.0 Å². The number of ether oxygens (including phenoxy) is 1. The standard InChI is InChI=1S/C12H9BrCl2N2O/c13-8-4-10(15)12(17-6-8)18-11-2-1-7(5-16)3-9(11)14/h1-4,6H,5,16H2. The summed E-state index contributed by atoms with van der Waals surface area (Å²) in [5, 5.41) is 0.877. The average Bonchev–Trinajstić information content (AvgIpc) is 2.34. The Hall–Kier alpha value is -0.810. The van der Waals surface area contributed by atoms with Crippen LogP contribution in [-0.2, 0) is 6.54 Å². The molecule has 0 saturated heterocycles. The highest BCUT2D eigenvalue weighted by molar-refractivity contribution is 9.10. The van der Waals surface area contributed by atoms with Crippen molar-refractivity contribution in [2.45, 2.75) is 6.54 Å². The summed E-state index contributed by atoms with van der Waals surface area (Å²) in [5.74, 6) is 0.799. The fraction of sp³-hybridized carbons (Fsp3) is 0.0833. The van der Waals surface area contributed by atoms with E-state index in [9.17, 15) is 0 Å². The first-order chi connectivity index (χ1) is 8.60. The van der Waals surface area contributed by atoms with Crippen LogP contribution in [0.4, 0.5) is 0 Å². The van der Waals surface area contributed by atoms with Crippen LogP contribution < -0.4 is 10.5 Å². The van der Waals surface area contributed by atoms with E-state index in [2.05, 4.69) is 20.9 Å². The van der Waals surface area contributed by atoms with E-state index in [-0.39, 0.29) is 0 Å². The van der Waals surface area contributed by atoms with Crippen LogP contribution in [-0.4, -0.2) is 4.98 Å². The van der Waals surface area contributed by atoms with Crippen molar-refractivity contribution in [2.75, 3.05) is 0 Å². The van der Waals surface area contributed by atoms with E-state index in [0.29, 0.717) is 28.2 Å². The van der Waals surface area contributed by atoms with E-state index in [1.54, 1.807) is 24.4 Å². The fourth-order valence-electron chi connectivity index (χ4n) is 1.34. The van der Waals surface area contributed by atoms with Gasteiger partial charge < -0.3 is 10.5 Å². The van der Waals surface area contributed by atoms with Crippen LogP contribution in [0.25, 0.3) is 0 Å². The normalized spacial score (nSPS) is 10.4. The van der Waals surface area contributed by atoms with Gasteiger partial charge in [0.2, 0.25) is 5.88 Å². The summed E-state index contributed by atoms with van der Waals surface area (Å²) in [6.45, 7) is 0.428. The topological polar surface area (TPSA) is 48.1 Å². The first-order valence-electron chi connectivity index (χ1n) is 5.07. The molecule has 18 heavy (non-hydrogen) atoms. The van der Waals surface area contributed by atoms with E-state index >= 15 is 0 Å². The van der Waals surface area contributed by atoms with Gasteiger partial charge in [-0.3, -0.25) is 0 Å². The summed E-state index contributed by atoms with van der Waals surface area (Å²) in [6.07, 6.45) is 1.60. The molecule has 0 aliphatic heterocycles.